The van der Waals surface area contributed by atoms with Gasteiger partial charge in [-0.05, 0) is 81.7 Å². The van der Waals surface area contributed by atoms with E-state index in [4.69, 9.17) is 21.1 Å². The number of ether oxygens (including phenoxy) is 2. The van der Waals surface area contributed by atoms with Crippen molar-refractivity contribution in [2.75, 3.05) is 12.4 Å². The van der Waals surface area contributed by atoms with Gasteiger partial charge in [0.1, 0.15) is 29.7 Å². The van der Waals surface area contributed by atoms with Gasteiger partial charge in [0, 0.05) is 10.7 Å². The van der Waals surface area contributed by atoms with E-state index in [1.54, 1.807) is 55.6 Å². The van der Waals surface area contributed by atoms with E-state index < -0.39 is 5.91 Å². The maximum Gasteiger partial charge on any atom is 0.266 e. The summed E-state index contributed by atoms with van der Waals surface area (Å²) in [5, 5.41) is 12.8. The van der Waals surface area contributed by atoms with E-state index in [1.165, 1.54) is 6.08 Å². The molecule has 1 amide bonds. The largest absolute Gasteiger partial charge is 0.497 e. The van der Waals surface area contributed by atoms with E-state index >= 15 is 0 Å². The molecule has 0 fully saturated rings. The Morgan fingerprint density at radius 3 is 2.58 bits per heavy atom. The van der Waals surface area contributed by atoms with Gasteiger partial charge < -0.3 is 14.8 Å². The summed E-state index contributed by atoms with van der Waals surface area (Å²) >= 11 is 9.47. The first-order chi connectivity index (χ1) is 15.0. The van der Waals surface area contributed by atoms with E-state index in [1.807, 2.05) is 24.3 Å². The van der Waals surface area contributed by atoms with Crippen LogP contribution in [0.15, 0.2) is 76.8 Å². The Balaban J connectivity index is 1.69. The number of halogens is 2. The fourth-order valence-electron chi connectivity index (χ4n) is 2.70. The van der Waals surface area contributed by atoms with Crippen LogP contribution >= 0.6 is 27.5 Å². The van der Waals surface area contributed by atoms with Crippen molar-refractivity contribution in [3.05, 3.63) is 92.9 Å². The Kier molecular flexibility index (Phi) is 7.71. The van der Waals surface area contributed by atoms with Crippen LogP contribution in [0.25, 0.3) is 6.08 Å². The van der Waals surface area contributed by atoms with Crippen LogP contribution in [0.4, 0.5) is 5.69 Å². The van der Waals surface area contributed by atoms with Crippen molar-refractivity contribution in [2.45, 2.75) is 6.61 Å². The summed E-state index contributed by atoms with van der Waals surface area (Å²) in [6.45, 7) is 0.363. The van der Waals surface area contributed by atoms with Gasteiger partial charge in [-0.2, -0.15) is 5.26 Å². The zero-order valence-electron chi connectivity index (χ0n) is 16.6. The predicted molar refractivity (Wildman–Crippen MR) is 125 cm³/mol. The second kappa shape index (κ2) is 10.7. The molecule has 0 aromatic heterocycles. The van der Waals surface area contributed by atoms with Crippen LogP contribution in [-0.2, 0) is 11.4 Å². The summed E-state index contributed by atoms with van der Waals surface area (Å²) in [7, 11) is 1.57. The zero-order chi connectivity index (χ0) is 22.2. The highest BCUT2D eigenvalue weighted by Gasteiger charge is 2.11. The molecule has 3 rings (SSSR count). The van der Waals surface area contributed by atoms with Crippen molar-refractivity contribution in [1.82, 2.24) is 0 Å². The van der Waals surface area contributed by atoms with Gasteiger partial charge in [-0.3, -0.25) is 4.79 Å². The molecule has 0 aliphatic rings. The molecule has 0 aliphatic heterocycles. The second-order valence-corrected chi connectivity index (χ2v) is 7.75. The smallest absolute Gasteiger partial charge is 0.266 e. The van der Waals surface area contributed by atoms with E-state index in [0.717, 1.165) is 5.56 Å². The van der Waals surface area contributed by atoms with Gasteiger partial charge >= 0.3 is 0 Å². The Morgan fingerprint density at radius 2 is 1.94 bits per heavy atom. The zero-order valence-corrected chi connectivity index (χ0v) is 18.9. The third-order valence-corrected chi connectivity index (χ3v) is 5.12. The quantitative estimate of drug-likeness (QED) is 0.310. The molecule has 0 unspecified atom stereocenters. The molecular formula is C24H18BrClN2O3. The molecule has 0 aliphatic carbocycles. The van der Waals surface area contributed by atoms with Crippen LogP contribution in [0.1, 0.15) is 11.1 Å². The van der Waals surface area contributed by atoms with Gasteiger partial charge in [0.05, 0.1) is 11.6 Å². The van der Waals surface area contributed by atoms with Crippen LogP contribution in [0.5, 0.6) is 11.5 Å². The highest BCUT2D eigenvalue weighted by Crippen LogP contribution is 2.28. The molecule has 5 nitrogen and oxygen atoms in total. The SMILES string of the molecule is COc1ccc(NC(=O)/C(C#N)=C/c2ccc(OCc3cccc(Cl)c3)c(Br)c2)cc1. The Morgan fingerprint density at radius 1 is 1.16 bits per heavy atom. The van der Waals surface area contributed by atoms with Gasteiger partial charge in [-0.1, -0.05) is 29.8 Å². The Bertz CT molecular complexity index is 1150. The number of nitrogens with one attached hydrogen (secondary N) is 1. The van der Waals surface area contributed by atoms with Crippen LogP contribution in [0.2, 0.25) is 5.02 Å². The number of carbonyl (C=O) groups is 1. The maximum atomic E-state index is 12.5. The van der Waals surface area contributed by atoms with Crippen molar-refractivity contribution in [2.24, 2.45) is 0 Å². The lowest BCUT2D eigenvalue weighted by Crippen LogP contribution is -2.13. The van der Waals surface area contributed by atoms with Crippen LogP contribution in [-0.4, -0.2) is 13.0 Å². The number of amides is 1. The van der Waals surface area contributed by atoms with Gasteiger partial charge in [0.15, 0.2) is 0 Å². The molecule has 1 N–H and O–H groups in total. The summed E-state index contributed by atoms with van der Waals surface area (Å²) in [4.78, 5) is 12.5. The Hall–Kier alpha value is -3.27. The summed E-state index contributed by atoms with van der Waals surface area (Å²) in [6, 6.07) is 21.6. The highest BCUT2D eigenvalue weighted by atomic mass is 79.9. The molecule has 7 heteroatoms. The van der Waals surface area contributed by atoms with Gasteiger partial charge in [0.25, 0.3) is 5.91 Å². The molecule has 156 valence electrons. The lowest BCUT2D eigenvalue weighted by Gasteiger charge is -2.09. The number of nitriles is 1. The summed E-state index contributed by atoms with van der Waals surface area (Å²) in [5.41, 5.74) is 2.18. The number of benzene rings is 3. The molecule has 31 heavy (non-hydrogen) atoms. The first-order valence-corrected chi connectivity index (χ1v) is 10.4. The van der Waals surface area contributed by atoms with E-state index in [9.17, 15) is 10.1 Å². The molecule has 0 atom stereocenters. The number of rotatable bonds is 7. The third kappa shape index (κ3) is 6.35. The van der Waals surface area contributed by atoms with E-state index in [0.29, 0.717) is 38.9 Å². The number of nitrogens with zero attached hydrogens (tertiary/aromatic N) is 1. The number of hydrogen-bond donors (Lipinski definition) is 1. The fraction of sp³-hybridized carbons (Fsp3) is 0.0833. The molecule has 0 bridgehead atoms. The second-order valence-electron chi connectivity index (χ2n) is 6.46. The minimum absolute atomic E-state index is 0.0182. The Labute approximate surface area is 194 Å². The van der Waals surface area contributed by atoms with Crippen molar-refractivity contribution >= 4 is 45.2 Å². The molecule has 0 heterocycles. The van der Waals surface area contributed by atoms with E-state index in [-0.39, 0.29) is 5.57 Å². The van der Waals surface area contributed by atoms with Crippen molar-refractivity contribution in [1.29, 1.82) is 5.26 Å². The predicted octanol–water partition coefficient (Wildman–Crippen LogP) is 6.24. The molecule has 0 spiro atoms. The van der Waals surface area contributed by atoms with Gasteiger partial charge in [-0.15, -0.1) is 0 Å². The number of carbonyl (C=O) groups excluding carboxylic acids is 1. The monoisotopic (exact) mass is 496 g/mol. The van der Waals surface area contributed by atoms with Gasteiger partial charge in [-0.25, -0.2) is 0 Å². The minimum Gasteiger partial charge on any atom is -0.497 e. The van der Waals surface area contributed by atoms with Crippen molar-refractivity contribution in [3.63, 3.8) is 0 Å². The minimum atomic E-state index is -0.495. The molecule has 0 saturated heterocycles. The molecule has 3 aromatic rings. The molecule has 0 saturated carbocycles. The summed E-state index contributed by atoms with van der Waals surface area (Å²) < 4.78 is 11.6. The van der Waals surface area contributed by atoms with Crippen molar-refractivity contribution in [3.8, 4) is 17.6 Å². The first kappa shape index (κ1) is 22.4. The number of hydrogen-bond acceptors (Lipinski definition) is 4. The lowest BCUT2D eigenvalue weighted by molar-refractivity contribution is -0.112. The standard InChI is InChI=1S/C24H18BrClN2O3/c1-30-21-8-6-20(7-9-21)28-24(29)18(14-27)11-16-5-10-23(22(25)13-16)31-15-17-3-2-4-19(26)12-17/h2-13H,15H2,1H3,(H,28,29)/b18-11+. The average molecular weight is 498 g/mol. The average Bonchev–Trinajstić information content (AvgIpc) is 2.77. The number of anilines is 1. The molecule has 3 aromatic carbocycles. The third-order valence-electron chi connectivity index (χ3n) is 4.26. The summed E-state index contributed by atoms with van der Waals surface area (Å²) in [5.74, 6) is 0.819. The topological polar surface area (TPSA) is 71.3 Å². The van der Waals surface area contributed by atoms with Gasteiger partial charge in [0.2, 0.25) is 0 Å². The lowest BCUT2D eigenvalue weighted by atomic mass is 10.1. The van der Waals surface area contributed by atoms with Crippen molar-refractivity contribution < 1.29 is 14.3 Å². The van der Waals surface area contributed by atoms with Crippen LogP contribution < -0.4 is 14.8 Å². The molecule has 0 radical (unpaired) electrons. The van der Waals surface area contributed by atoms with E-state index in [2.05, 4.69) is 21.2 Å². The first-order valence-electron chi connectivity index (χ1n) is 9.22. The fourth-order valence-corrected chi connectivity index (χ4v) is 3.42. The molecular weight excluding hydrogens is 480 g/mol. The van der Waals surface area contributed by atoms with Crippen LogP contribution in [0, 0.1) is 11.3 Å². The normalized spacial score (nSPS) is 10.8. The van der Waals surface area contributed by atoms with Crippen LogP contribution in [0.3, 0.4) is 0 Å². The highest BCUT2D eigenvalue weighted by molar-refractivity contribution is 9.10. The number of methoxy groups -OCH3 is 1. The maximum absolute atomic E-state index is 12.5. The summed E-state index contributed by atoms with van der Waals surface area (Å²) in [6.07, 6.45) is 1.52.